The zero-order valence-electron chi connectivity index (χ0n) is 10.1. The smallest absolute Gasteiger partial charge is 0.238 e. The third-order valence-electron chi connectivity index (χ3n) is 3.78. The first-order valence-corrected chi connectivity index (χ1v) is 5.73. The Morgan fingerprint density at radius 1 is 1.17 bits per heavy atom. The molecule has 2 aliphatic rings. The standard InChI is InChI=1S/C14H14F4/c1-10-5-6-11(14(16,17)18)9-13(10)8-4-3-7-12(13,2)15/h3-10H,1-2H3. The van der Waals surface area contributed by atoms with Crippen molar-refractivity contribution in [2.75, 3.05) is 0 Å². The first-order valence-electron chi connectivity index (χ1n) is 5.73. The van der Waals surface area contributed by atoms with Gasteiger partial charge in [-0.3, -0.25) is 0 Å². The third kappa shape index (κ3) is 1.84. The molecule has 98 valence electrons. The third-order valence-corrected chi connectivity index (χ3v) is 3.78. The van der Waals surface area contributed by atoms with Crippen LogP contribution in [0.2, 0.25) is 0 Å². The van der Waals surface area contributed by atoms with Gasteiger partial charge in [0, 0.05) is 0 Å². The molecule has 0 nitrogen and oxygen atoms in total. The van der Waals surface area contributed by atoms with Crippen LogP contribution in [0.5, 0.6) is 0 Å². The molecule has 0 saturated heterocycles. The van der Waals surface area contributed by atoms with Gasteiger partial charge < -0.3 is 0 Å². The van der Waals surface area contributed by atoms with Crippen molar-refractivity contribution in [1.82, 2.24) is 0 Å². The minimum atomic E-state index is -4.45. The Balaban J connectivity index is 2.55. The van der Waals surface area contributed by atoms with Gasteiger partial charge in [-0.05, 0) is 18.9 Å². The lowest BCUT2D eigenvalue weighted by Crippen LogP contribution is -2.45. The highest BCUT2D eigenvalue weighted by molar-refractivity contribution is 5.42. The summed E-state index contributed by atoms with van der Waals surface area (Å²) in [6.07, 6.45) is 4.97. The van der Waals surface area contributed by atoms with Crippen molar-refractivity contribution in [1.29, 1.82) is 0 Å². The van der Waals surface area contributed by atoms with Gasteiger partial charge in [-0.2, -0.15) is 13.2 Å². The second kappa shape index (κ2) is 3.84. The molecule has 2 aliphatic carbocycles. The molecule has 1 spiro atoms. The quantitative estimate of drug-likeness (QED) is 0.560. The van der Waals surface area contributed by atoms with E-state index in [1.807, 2.05) is 0 Å². The average Bonchev–Trinajstić information content (AvgIpc) is 2.24. The second-order valence-corrected chi connectivity index (χ2v) is 4.97. The van der Waals surface area contributed by atoms with Gasteiger partial charge in [0.05, 0.1) is 11.0 Å². The minimum absolute atomic E-state index is 0.334. The van der Waals surface area contributed by atoms with Crippen LogP contribution in [0.3, 0.4) is 0 Å². The molecule has 3 unspecified atom stereocenters. The Bertz CT molecular complexity index is 463. The summed E-state index contributed by atoms with van der Waals surface area (Å²) in [5, 5.41) is 0. The Morgan fingerprint density at radius 3 is 2.33 bits per heavy atom. The van der Waals surface area contributed by atoms with E-state index in [1.54, 1.807) is 13.0 Å². The molecule has 0 aromatic carbocycles. The van der Waals surface area contributed by atoms with Crippen LogP contribution in [-0.4, -0.2) is 11.8 Å². The van der Waals surface area contributed by atoms with Crippen LogP contribution in [0.4, 0.5) is 17.6 Å². The Hall–Kier alpha value is -1.32. The topological polar surface area (TPSA) is 0 Å². The van der Waals surface area contributed by atoms with Gasteiger partial charge >= 0.3 is 6.18 Å². The van der Waals surface area contributed by atoms with Gasteiger partial charge in [-0.15, -0.1) is 0 Å². The monoisotopic (exact) mass is 258 g/mol. The van der Waals surface area contributed by atoms with Gasteiger partial charge in [-0.1, -0.05) is 43.4 Å². The first kappa shape index (κ1) is 13.1. The summed E-state index contributed by atoms with van der Waals surface area (Å²) in [6.45, 7) is 3.04. The zero-order valence-corrected chi connectivity index (χ0v) is 10.1. The van der Waals surface area contributed by atoms with E-state index in [0.717, 1.165) is 12.2 Å². The largest absolute Gasteiger partial charge is 0.416 e. The van der Waals surface area contributed by atoms with Crippen molar-refractivity contribution < 1.29 is 17.6 Å². The van der Waals surface area contributed by atoms with Crippen LogP contribution in [0.25, 0.3) is 0 Å². The number of hydrogen-bond acceptors (Lipinski definition) is 0. The molecule has 0 aromatic heterocycles. The summed E-state index contributed by atoms with van der Waals surface area (Å²) < 4.78 is 53.0. The minimum Gasteiger partial charge on any atom is -0.238 e. The second-order valence-electron chi connectivity index (χ2n) is 4.97. The lowest BCUT2D eigenvalue weighted by atomic mass is 9.61. The maximum atomic E-state index is 14.6. The lowest BCUT2D eigenvalue weighted by Gasteiger charge is -2.44. The molecule has 4 heteroatoms. The van der Waals surface area contributed by atoms with Gasteiger partial charge in [0.25, 0.3) is 0 Å². The van der Waals surface area contributed by atoms with Gasteiger partial charge in [-0.25, -0.2) is 4.39 Å². The highest BCUT2D eigenvalue weighted by atomic mass is 19.4. The molecule has 0 amide bonds. The summed E-state index contributed by atoms with van der Waals surface area (Å²) in [4.78, 5) is 0. The summed E-state index contributed by atoms with van der Waals surface area (Å²) in [5.74, 6) is -0.334. The van der Waals surface area contributed by atoms with Crippen LogP contribution in [-0.2, 0) is 0 Å². The van der Waals surface area contributed by atoms with E-state index >= 15 is 0 Å². The summed E-state index contributed by atoms with van der Waals surface area (Å²) in [5.41, 5.74) is -3.88. The molecule has 3 atom stereocenters. The van der Waals surface area contributed by atoms with Crippen molar-refractivity contribution >= 4 is 0 Å². The van der Waals surface area contributed by atoms with Gasteiger partial charge in [0.15, 0.2) is 0 Å². The highest BCUT2D eigenvalue weighted by Crippen LogP contribution is 2.51. The molecule has 0 heterocycles. The predicted molar refractivity (Wildman–Crippen MR) is 62.7 cm³/mol. The maximum absolute atomic E-state index is 14.6. The summed E-state index contributed by atoms with van der Waals surface area (Å²) in [7, 11) is 0. The van der Waals surface area contributed by atoms with Crippen LogP contribution in [0.15, 0.2) is 48.1 Å². The van der Waals surface area contributed by atoms with Crippen LogP contribution in [0, 0.1) is 11.3 Å². The Morgan fingerprint density at radius 2 is 1.78 bits per heavy atom. The number of hydrogen-bond donors (Lipinski definition) is 0. The normalized spacial score (nSPS) is 39.2. The van der Waals surface area contributed by atoms with Crippen molar-refractivity contribution in [2.24, 2.45) is 11.3 Å². The molecular formula is C14H14F4. The fourth-order valence-corrected chi connectivity index (χ4v) is 2.56. The number of halogens is 4. The van der Waals surface area contributed by atoms with E-state index in [1.165, 1.54) is 31.2 Å². The molecule has 18 heavy (non-hydrogen) atoms. The lowest BCUT2D eigenvalue weighted by molar-refractivity contribution is -0.0902. The van der Waals surface area contributed by atoms with Crippen LogP contribution in [0.1, 0.15) is 13.8 Å². The van der Waals surface area contributed by atoms with E-state index in [2.05, 4.69) is 0 Å². The SMILES string of the molecule is CC1C=CC(C(F)(F)F)=CC12C=CC=CC2(C)F. The van der Waals surface area contributed by atoms with Crippen molar-refractivity contribution in [3.63, 3.8) is 0 Å². The van der Waals surface area contributed by atoms with Crippen LogP contribution >= 0.6 is 0 Å². The molecule has 0 saturated carbocycles. The first-order chi connectivity index (χ1) is 8.19. The summed E-state index contributed by atoms with van der Waals surface area (Å²) >= 11 is 0. The number of allylic oxidation sites excluding steroid dienone is 8. The Labute approximate surface area is 103 Å². The molecular weight excluding hydrogens is 244 g/mol. The Kier molecular flexibility index (Phi) is 2.80. The molecule has 0 radical (unpaired) electrons. The highest BCUT2D eigenvalue weighted by Gasteiger charge is 2.51. The van der Waals surface area contributed by atoms with Gasteiger partial charge in [0.1, 0.15) is 5.67 Å². The van der Waals surface area contributed by atoms with E-state index in [4.69, 9.17) is 0 Å². The van der Waals surface area contributed by atoms with Crippen molar-refractivity contribution in [3.05, 3.63) is 48.1 Å². The molecule has 0 aromatic rings. The predicted octanol–water partition coefficient (Wildman–Crippen LogP) is 4.52. The molecule has 0 fully saturated rings. The molecule has 0 N–H and O–H groups in total. The molecule has 2 rings (SSSR count). The fourth-order valence-electron chi connectivity index (χ4n) is 2.56. The van der Waals surface area contributed by atoms with E-state index in [0.29, 0.717) is 0 Å². The van der Waals surface area contributed by atoms with E-state index < -0.39 is 22.8 Å². The molecule has 0 bridgehead atoms. The maximum Gasteiger partial charge on any atom is 0.416 e. The van der Waals surface area contributed by atoms with Crippen molar-refractivity contribution in [2.45, 2.75) is 25.7 Å². The molecule has 0 aliphatic heterocycles. The fraction of sp³-hybridized carbons (Fsp3) is 0.429. The zero-order chi connectivity index (χ0) is 13.6. The van der Waals surface area contributed by atoms with E-state index in [9.17, 15) is 17.6 Å². The summed E-state index contributed by atoms with van der Waals surface area (Å²) in [6, 6.07) is 0. The number of rotatable bonds is 0. The number of alkyl halides is 4. The van der Waals surface area contributed by atoms with E-state index in [-0.39, 0.29) is 5.92 Å². The van der Waals surface area contributed by atoms with Gasteiger partial charge in [0.2, 0.25) is 0 Å². The van der Waals surface area contributed by atoms with Crippen molar-refractivity contribution in [3.8, 4) is 0 Å². The van der Waals surface area contributed by atoms with Crippen LogP contribution < -0.4 is 0 Å². The average molecular weight is 258 g/mol.